The quantitative estimate of drug-likeness (QED) is 0.551. The van der Waals surface area contributed by atoms with Crippen molar-refractivity contribution in [2.75, 3.05) is 5.75 Å². The summed E-state index contributed by atoms with van der Waals surface area (Å²) in [6.45, 7) is 4.21. The van der Waals surface area contributed by atoms with Crippen molar-refractivity contribution in [1.82, 2.24) is 20.5 Å². The fourth-order valence-corrected chi connectivity index (χ4v) is 3.39. The van der Waals surface area contributed by atoms with E-state index in [2.05, 4.69) is 34.3 Å². The molecule has 0 aliphatic heterocycles. The largest absolute Gasteiger partial charge is 0.348 e. The molecule has 3 rings (SSSR count). The third kappa shape index (κ3) is 5.82. The Morgan fingerprint density at radius 2 is 1.75 bits per heavy atom. The first-order valence-corrected chi connectivity index (χ1v) is 10.2. The van der Waals surface area contributed by atoms with Crippen LogP contribution in [0, 0.1) is 5.92 Å². The summed E-state index contributed by atoms with van der Waals surface area (Å²) < 4.78 is 0. The summed E-state index contributed by atoms with van der Waals surface area (Å²) in [7, 11) is 0. The lowest BCUT2D eigenvalue weighted by molar-refractivity contribution is -0.119. The minimum absolute atomic E-state index is 0.00851. The number of rotatable bonds is 8. The molecule has 1 aromatic heterocycles. The molecule has 28 heavy (non-hydrogen) atoms. The van der Waals surface area contributed by atoms with E-state index in [-0.39, 0.29) is 17.7 Å². The average Bonchev–Trinajstić information content (AvgIpc) is 3.18. The molecule has 0 saturated carbocycles. The van der Waals surface area contributed by atoms with Gasteiger partial charge in [-0.3, -0.25) is 9.89 Å². The average molecular weight is 393 g/mol. The van der Waals surface area contributed by atoms with Crippen molar-refractivity contribution in [3.05, 3.63) is 77.6 Å². The van der Waals surface area contributed by atoms with E-state index in [1.807, 2.05) is 72.8 Å². The molecule has 6 heteroatoms. The zero-order chi connectivity index (χ0) is 19.8. The van der Waals surface area contributed by atoms with Crippen molar-refractivity contribution in [2.45, 2.75) is 25.0 Å². The Morgan fingerprint density at radius 3 is 2.43 bits per heavy atom. The Bertz CT molecular complexity index is 907. The number of carbonyl (C=O) groups excluding carboxylic acids is 1. The minimum Gasteiger partial charge on any atom is -0.348 e. The standard InChI is InChI=1S/C22H24N4OS/c1-16(2)21(18-11-7-4-8-12-18)24-20(27)15-28-22-23-19(25-26-22)14-13-17-9-5-3-6-10-17/h3-14,16,21H,15H2,1-2H3,(H,24,27)(H,23,25,26)/b14-13+. The van der Waals surface area contributed by atoms with Crippen LogP contribution in [0.4, 0.5) is 0 Å². The number of hydrogen-bond donors (Lipinski definition) is 2. The van der Waals surface area contributed by atoms with Crippen LogP contribution in [0.1, 0.15) is 36.8 Å². The van der Waals surface area contributed by atoms with E-state index in [1.54, 1.807) is 0 Å². The van der Waals surface area contributed by atoms with Crippen molar-refractivity contribution < 1.29 is 4.79 Å². The first kappa shape index (κ1) is 19.9. The molecule has 0 bridgehead atoms. The molecule has 0 fully saturated rings. The molecular weight excluding hydrogens is 368 g/mol. The summed E-state index contributed by atoms with van der Waals surface area (Å²) in [6.07, 6.45) is 3.84. The second kappa shape index (κ2) is 9.90. The molecule has 2 N–H and O–H groups in total. The van der Waals surface area contributed by atoms with E-state index < -0.39 is 0 Å². The molecule has 0 spiro atoms. The third-order valence-electron chi connectivity index (χ3n) is 4.19. The van der Waals surface area contributed by atoms with Crippen molar-refractivity contribution in [2.24, 2.45) is 5.92 Å². The summed E-state index contributed by atoms with van der Waals surface area (Å²) in [5, 5.41) is 10.7. The zero-order valence-electron chi connectivity index (χ0n) is 16.0. The summed E-state index contributed by atoms with van der Waals surface area (Å²) in [6, 6.07) is 20.0. The number of hydrogen-bond acceptors (Lipinski definition) is 4. The predicted octanol–water partition coefficient (Wildman–Crippen LogP) is 4.58. The van der Waals surface area contributed by atoms with Gasteiger partial charge in [0.25, 0.3) is 0 Å². The number of aromatic amines is 1. The number of amides is 1. The van der Waals surface area contributed by atoms with Crippen LogP contribution in [-0.4, -0.2) is 26.8 Å². The van der Waals surface area contributed by atoms with E-state index >= 15 is 0 Å². The first-order valence-electron chi connectivity index (χ1n) is 9.24. The van der Waals surface area contributed by atoms with Crippen LogP contribution in [-0.2, 0) is 4.79 Å². The normalized spacial score (nSPS) is 12.4. The van der Waals surface area contributed by atoms with Gasteiger partial charge in [-0.1, -0.05) is 92.3 Å². The van der Waals surface area contributed by atoms with Crippen molar-refractivity contribution in [3.63, 3.8) is 0 Å². The van der Waals surface area contributed by atoms with Crippen LogP contribution in [0.5, 0.6) is 0 Å². The summed E-state index contributed by atoms with van der Waals surface area (Å²) >= 11 is 1.32. The molecule has 1 amide bonds. The predicted molar refractivity (Wildman–Crippen MR) is 115 cm³/mol. The van der Waals surface area contributed by atoms with Gasteiger partial charge in [0.05, 0.1) is 11.8 Å². The van der Waals surface area contributed by atoms with E-state index in [0.29, 0.717) is 16.9 Å². The molecule has 1 atom stereocenters. The Hall–Kier alpha value is -2.86. The molecule has 3 aromatic rings. The number of thioether (sulfide) groups is 1. The van der Waals surface area contributed by atoms with Gasteiger partial charge in [0.1, 0.15) is 5.82 Å². The van der Waals surface area contributed by atoms with Crippen molar-refractivity contribution >= 4 is 29.8 Å². The maximum absolute atomic E-state index is 12.4. The Kier molecular flexibility index (Phi) is 7.03. The summed E-state index contributed by atoms with van der Waals surface area (Å²) in [5.41, 5.74) is 2.20. The molecule has 0 aliphatic rings. The van der Waals surface area contributed by atoms with Gasteiger partial charge in [-0.05, 0) is 23.1 Å². The lowest BCUT2D eigenvalue weighted by Gasteiger charge is -2.22. The van der Waals surface area contributed by atoms with Crippen LogP contribution < -0.4 is 5.32 Å². The lowest BCUT2D eigenvalue weighted by atomic mass is 9.96. The minimum atomic E-state index is -0.0290. The van der Waals surface area contributed by atoms with E-state index in [9.17, 15) is 4.79 Å². The van der Waals surface area contributed by atoms with Gasteiger partial charge in [0.15, 0.2) is 0 Å². The Labute approximate surface area is 169 Å². The smallest absolute Gasteiger partial charge is 0.230 e. The third-order valence-corrected chi connectivity index (χ3v) is 5.04. The SMILES string of the molecule is CC(C)C(NC(=O)CSc1n[nH]c(/C=C/c2ccccc2)n1)c1ccccc1. The number of benzene rings is 2. The summed E-state index contributed by atoms with van der Waals surface area (Å²) in [4.78, 5) is 16.8. The molecule has 0 saturated heterocycles. The fraction of sp³-hybridized carbons (Fsp3) is 0.227. The van der Waals surface area contributed by atoms with Crippen molar-refractivity contribution in [3.8, 4) is 0 Å². The highest BCUT2D eigenvalue weighted by atomic mass is 32.2. The Morgan fingerprint density at radius 1 is 1.07 bits per heavy atom. The molecule has 1 unspecified atom stereocenters. The molecular formula is C22H24N4OS. The van der Waals surface area contributed by atoms with Crippen LogP contribution >= 0.6 is 11.8 Å². The number of aromatic nitrogens is 3. The van der Waals surface area contributed by atoms with E-state index in [0.717, 1.165) is 11.1 Å². The zero-order valence-corrected chi connectivity index (χ0v) is 16.8. The Balaban J connectivity index is 1.53. The van der Waals surface area contributed by atoms with Crippen LogP contribution in [0.15, 0.2) is 65.8 Å². The lowest BCUT2D eigenvalue weighted by Crippen LogP contribution is -2.32. The monoisotopic (exact) mass is 392 g/mol. The molecule has 144 valence electrons. The van der Waals surface area contributed by atoms with Gasteiger partial charge in [0.2, 0.25) is 11.1 Å². The number of nitrogens with one attached hydrogen (secondary N) is 2. The van der Waals surface area contributed by atoms with E-state index in [1.165, 1.54) is 11.8 Å². The second-order valence-electron chi connectivity index (χ2n) is 6.74. The topological polar surface area (TPSA) is 70.7 Å². The summed E-state index contributed by atoms with van der Waals surface area (Å²) in [5.74, 6) is 1.21. The maximum Gasteiger partial charge on any atom is 0.230 e. The maximum atomic E-state index is 12.4. The van der Waals surface area contributed by atoms with Gasteiger partial charge < -0.3 is 5.32 Å². The first-order chi connectivity index (χ1) is 13.6. The second-order valence-corrected chi connectivity index (χ2v) is 7.68. The van der Waals surface area contributed by atoms with Gasteiger partial charge in [0, 0.05) is 0 Å². The highest BCUT2D eigenvalue weighted by molar-refractivity contribution is 7.99. The number of nitrogens with zero attached hydrogens (tertiary/aromatic N) is 2. The number of carbonyl (C=O) groups is 1. The van der Waals surface area contributed by atoms with Gasteiger partial charge in [-0.15, -0.1) is 5.10 Å². The molecule has 1 heterocycles. The molecule has 0 radical (unpaired) electrons. The molecule has 0 aliphatic carbocycles. The van der Waals surface area contributed by atoms with E-state index in [4.69, 9.17) is 0 Å². The highest BCUT2D eigenvalue weighted by Gasteiger charge is 2.18. The van der Waals surface area contributed by atoms with Gasteiger partial charge in [-0.25, -0.2) is 4.98 Å². The van der Waals surface area contributed by atoms with Crippen LogP contribution in [0.3, 0.4) is 0 Å². The van der Waals surface area contributed by atoms with Gasteiger partial charge >= 0.3 is 0 Å². The molecule has 5 nitrogen and oxygen atoms in total. The number of H-pyrrole nitrogens is 1. The van der Waals surface area contributed by atoms with Crippen LogP contribution in [0.2, 0.25) is 0 Å². The van der Waals surface area contributed by atoms with Gasteiger partial charge in [-0.2, -0.15) is 0 Å². The highest BCUT2D eigenvalue weighted by Crippen LogP contribution is 2.22. The van der Waals surface area contributed by atoms with Crippen LogP contribution in [0.25, 0.3) is 12.2 Å². The molecule has 2 aromatic carbocycles. The van der Waals surface area contributed by atoms with Crippen molar-refractivity contribution in [1.29, 1.82) is 0 Å². The fourth-order valence-electron chi connectivity index (χ4n) is 2.78.